The average Bonchev–Trinajstić information content (AvgIpc) is 2.41. The Morgan fingerprint density at radius 2 is 1.91 bits per heavy atom. The summed E-state index contributed by atoms with van der Waals surface area (Å²) in [4.78, 5) is 21.9. The topological polar surface area (TPSA) is 84.9 Å². The van der Waals surface area contributed by atoms with Crippen LogP contribution < -0.4 is 10.1 Å². The zero-order valence-corrected chi connectivity index (χ0v) is 18.3. The molecule has 2 N–H and O–H groups in total. The van der Waals surface area contributed by atoms with Gasteiger partial charge in [-0.15, -0.1) is 0 Å². The minimum atomic E-state index is -1.01. The van der Waals surface area contributed by atoms with E-state index in [4.69, 9.17) is 14.6 Å². The summed E-state index contributed by atoms with van der Waals surface area (Å²) in [5, 5.41) is 11.5. The van der Waals surface area contributed by atoms with Crippen LogP contribution >= 0.6 is 67.8 Å². The molecule has 6 nitrogen and oxygen atoms in total. The van der Waals surface area contributed by atoms with Crippen LogP contribution in [0.3, 0.4) is 0 Å². The summed E-state index contributed by atoms with van der Waals surface area (Å²) in [7, 11) is 0. The molecule has 0 fully saturated rings. The second-order valence-corrected chi connectivity index (χ2v) is 7.64. The summed E-state index contributed by atoms with van der Waals surface area (Å²) in [6.45, 7) is 3.31. The van der Waals surface area contributed by atoms with E-state index in [1.165, 1.54) is 13.8 Å². The van der Waals surface area contributed by atoms with Gasteiger partial charge in [0.05, 0.1) is 19.4 Å². The Hall–Kier alpha value is 0.110. The fourth-order valence-corrected chi connectivity index (χ4v) is 5.39. The third-order valence-corrected chi connectivity index (χ3v) is 5.16. The van der Waals surface area contributed by atoms with Crippen LogP contribution in [0.2, 0.25) is 0 Å². The third kappa shape index (κ3) is 5.96. The molecule has 0 aliphatic rings. The number of anilines is 1. The van der Waals surface area contributed by atoms with Crippen LogP contribution in [0.25, 0.3) is 0 Å². The molecular weight excluding hydrogens is 631 g/mol. The fraction of sp³-hybridized carbons (Fsp3) is 0.385. The SMILES string of the molecule is CC(=O)Nc1c(I)cc(I)c(OCCO[C@H](C)C(=O)O)c1I. The van der Waals surface area contributed by atoms with E-state index in [9.17, 15) is 9.59 Å². The Labute approximate surface area is 169 Å². The lowest BCUT2D eigenvalue weighted by molar-refractivity contribution is -0.149. The van der Waals surface area contributed by atoms with Gasteiger partial charge >= 0.3 is 5.97 Å². The lowest BCUT2D eigenvalue weighted by Gasteiger charge is -2.16. The van der Waals surface area contributed by atoms with Gasteiger partial charge in [-0.2, -0.15) is 0 Å². The second-order valence-electron chi connectivity index (χ2n) is 4.24. The number of carboxylic acids is 1. The maximum absolute atomic E-state index is 11.3. The van der Waals surface area contributed by atoms with E-state index in [0.717, 1.165) is 10.7 Å². The molecule has 1 rings (SSSR count). The van der Waals surface area contributed by atoms with Crippen molar-refractivity contribution in [3.8, 4) is 5.75 Å². The molecule has 1 atom stereocenters. The van der Waals surface area contributed by atoms with Gasteiger partial charge in [0.2, 0.25) is 5.91 Å². The highest BCUT2D eigenvalue weighted by Gasteiger charge is 2.17. The fourth-order valence-electron chi connectivity index (χ4n) is 1.44. The lowest BCUT2D eigenvalue weighted by Crippen LogP contribution is -2.22. The van der Waals surface area contributed by atoms with Gasteiger partial charge in [-0.25, -0.2) is 4.79 Å². The van der Waals surface area contributed by atoms with E-state index >= 15 is 0 Å². The number of carbonyl (C=O) groups is 2. The van der Waals surface area contributed by atoms with Gasteiger partial charge < -0.3 is 19.9 Å². The van der Waals surface area contributed by atoms with Gasteiger partial charge in [-0.05, 0) is 80.8 Å². The van der Waals surface area contributed by atoms with Crippen molar-refractivity contribution in [1.29, 1.82) is 0 Å². The predicted octanol–water partition coefficient (Wildman–Crippen LogP) is 3.33. The number of nitrogens with one attached hydrogen (secondary N) is 1. The van der Waals surface area contributed by atoms with Crippen LogP contribution in [-0.4, -0.2) is 36.3 Å². The molecule has 0 aliphatic heterocycles. The van der Waals surface area contributed by atoms with Gasteiger partial charge in [0.25, 0.3) is 0 Å². The molecule has 22 heavy (non-hydrogen) atoms. The van der Waals surface area contributed by atoms with E-state index in [1.54, 1.807) is 0 Å². The number of hydrogen-bond acceptors (Lipinski definition) is 4. The van der Waals surface area contributed by atoms with Crippen LogP contribution in [0.5, 0.6) is 5.75 Å². The minimum Gasteiger partial charge on any atom is -0.489 e. The van der Waals surface area contributed by atoms with Crippen molar-refractivity contribution in [2.24, 2.45) is 0 Å². The number of ether oxygens (including phenoxy) is 2. The van der Waals surface area contributed by atoms with Crippen LogP contribution in [0.4, 0.5) is 5.69 Å². The highest BCUT2D eigenvalue weighted by atomic mass is 127. The molecule has 0 aromatic heterocycles. The van der Waals surface area contributed by atoms with E-state index in [0.29, 0.717) is 11.4 Å². The summed E-state index contributed by atoms with van der Waals surface area (Å²) in [5.74, 6) is -0.509. The van der Waals surface area contributed by atoms with Gasteiger partial charge in [0, 0.05) is 10.5 Å². The van der Waals surface area contributed by atoms with Crippen LogP contribution in [0.1, 0.15) is 13.8 Å². The molecule has 1 aromatic carbocycles. The highest BCUT2D eigenvalue weighted by molar-refractivity contribution is 14.1. The first-order chi connectivity index (χ1) is 10.2. The van der Waals surface area contributed by atoms with Crippen molar-refractivity contribution in [2.45, 2.75) is 20.0 Å². The van der Waals surface area contributed by atoms with Crippen molar-refractivity contribution < 1.29 is 24.2 Å². The summed E-state index contributed by atoms with van der Waals surface area (Å²) >= 11 is 6.43. The molecule has 122 valence electrons. The number of benzene rings is 1. The van der Waals surface area contributed by atoms with Gasteiger partial charge in [0.1, 0.15) is 12.4 Å². The van der Waals surface area contributed by atoms with E-state index < -0.39 is 12.1 Å². The quantitative estimate of drug-likeness (QED) is 0.352. The van der Waals surface area contributed by atoms with Crippen LogP contribution in [0.15, 0.2) is 6.07 Å². The molecule has 0 unspecified atom stereocenters. The Morgan fingerprint density at radius 3 is 2.45 bits per heavy atom. The number of carboxylic acid groups (broad SMARTS) is 1. The van der Waals surface area contributed by atoms with Gasteiger partial charge in [0.15, 0.2) is 6.10 Å². The first-order valence-corrected chi connectivity index (χ1v) is 9.40. The van der Waals surface area contributed by atoms with E-state index in [-0.39, 0.29) is 19.1 Å². The average molecular weight is 645 g/mol. The number of amides is 1. The summed E-state index contributed by atoms with van der Waals surface area (Å²) in [5.41, 5.74) is 0.712. The second kappa shape index (κ2) is 9.42. The van der Waals surface area contributed by atoms with Crippen molar-refractivity contribution in [3.63, 3.8) is 0 Å². The van der Waals surface area contributed by atoms with Crippen molar-refractivity contribution in [1.82, 2.24) is 0 Å². The van der Waals surface area contributed by atoms with Crippen molar-refractivity contribution in [3.05, 3.63) is 16.8 Å². The molecule has 0 radical (unpaired) electrons. The van der Waals surface area contributed by atoms with Gasteiger partial charge in [-0.1, -0.05) is 0 Å². The smallest absolute Gasteiger partial charge is 0.332 e. The molecule has 0 saturated heterocycles. The number of carbonyl (C=O) groups excluding carboxylic acids is 1. The molecule has 0 aliphatic carbocycles. The van der Waals surface area contributed by atoms with E-state index in [1.807, 2.05) is 6.07 Å². The molecule has 0 heterocycles. The predicted molar refractivity (Wildman–Crippen MR) is 107 cm³/mol. The highest BCUT2D eigenvalue weighted by Crippen LogP contribution is 2.36. The standard InChI is InChI=1S/C13H14I3NO5/c1-6(13(19)20)21-3-4-22-12-9(15)5-8(14)11(10(12)16)17-7(2)18/h5-6H,3-4H2,1-2H3,(H,17,18)(H,19,20)/t6-/m1/s1. The largest absolute Gasteiger partial charge is 0.489 e. The monoisotopic (exact) mass is 645 g/mol. The lowest BCUT2D eigenvalue weighted by atomic mass is 10.3. The summed E-state index contributed by atoms with van der Waals surface area (Å²) in [6.07, 6.45) is -0.867. The zero-order chi connectivity index (χ0) is 16.9. The van der Waals surface area contributed by atoms with Crippen molar-refractivity contribution in [2.75, 3.05) is 18.5 Å². The van der Waals surface area contributed by atoms with Crippen molar-refractivity contribution >= 4 is 85.3 Å². The number of hydrogen-bond donors (Lipinski definition) is 2. The molecular formula is C13H14I3NO5. The molecule has 9 heteroatoms. The van der Waals surface area contributed by atoms with Crippen LogP contribution in [-0.2, 0) is 14.3 Å². The molecule has 1 amide bonds. The summed E-state index contributed by atoms with van der Waals surface area (Å²) < 4.78 is 13.4. The van der Waals surface area contributed by atoms with Gasteiger partial charge in [-0.3, -0.25) is 4.79 Å². The molecule has 0 bridgehead atoms. The van der Waals surface area contributed by atoms with E-state index in [2.05, 4.69) is 73.1 Å². The normalized spacial score (nSPS) is 11.9. The molecule has 0 saturated carbocycles. The Balaban J connectivity index is 2.78. The Bertz CT molecular complexity index is 579. The van der Waals surface area contributed by atoms with Crippen LogP contribution in [0, 0.1) is 10.7 Å². The summed E-state index contributed by atoms with van der Waals surface area (Å²) in [6, 6.07) is 1.91. The first-order valence-electron chi connectivity index (χ1n) is 6.16. The first kappa shape index (κ1) is 20.2. The number of halogens is 3. The minimum absolute atomic E-state index is 0.151. The zero-order valence-electron chi connectivity index (χ0n) is 11.8. The number of aliphatic carboxylic acids is 1. The molecule has 0 spiro atoms. The Kier molecular flexibility index (Phi) is 8.63. The number of rotatable bonds is 7. The Morgan fingerprint density at radius 1 is 1.27 bits per heavy atom. The maximum atomic E-state index is 11.3. The molecule has 1 aromatic rings. The third-order valence-electron chi connectivity index (χ3n) is 2.47. The maximum Gasteiger partial charge on any atom is 0.332 e.